The van der Waals surface area contributed by atoms with E-state index in [2.05, 4.69) is 25.6 Å². The van der Waals surface area contributed by atoms with Crippen LogP contribution in [0.2, 0.25) is 0 Å². The predicted molar refractivity (Wildman–Crippen MR) is 133 cm³/mol. The van der Waals surface area contributed by atoms with E-state index >= 15 is 0 Å². The average Bonchev–Trinajstić information content (AvgIpc) is 3.32. The number of alkyl halides is 3. The Hall–Kier alpha value is -3.96. The molecule has 0 aliphatic carbocycles. The average molecular weight is 511 g/mol. The Morgan fingerprint density at radius 2 is 1.81 bits per heavy atom. The molecule has 0 unspecified atom stereocenters. The Balaban J connectivity index is 1.26. The molecule has 4 aromatic rings. The largest absolute Gasteiger partial charge is 0.416 e. The number of rotatable bonds is 7. The van der Waals surface area contributed by atoms with Gasteiger partial charge >= 0.3 is 6.18 Å². The third-order valence-electron chi connectivity index (χ3n) is 6.08. The fraction of sp³-hybridized carbons (Fsp3) is 0.269. The van der Waals surface area contributed by atoms with Gasteiger partial charge in [-0.05, 0) is 54.1 Å². The highest BCUT2D eigenvalue weighted by Crippen LogP contribution is 2.33. The van der Waals surface area contributed by atoms with Crippen molar-refractivity contribution in [2.45, 2.75) is 6.18 Å². The number of carbonyl (C=O) groups is 1. The highest BCUT2D eigenvalue weighted by Gasteiger charge is 2.30. The third-order valence-corrected chi connectivity index (χ3v) is 6.08. The van der Waals surface area contributed by atoms with Gasteiger partial charge in [-0.2, -0.15) is 18.2 Å². The second-order valence-corrected chi connectivity index (χ2v) is 8.62. The molecule has 11 heteroatoms. The van der Waals surface area contributed by atoms with Crippen molar-refractivity contribution >= 4 is 23.2 Å². The maximum atomic E-state index is 13.2. The number of anilines is 2. The maximum Gasteiger partial charge on any atom is 0.416 e. The predicted octanol–water partition coefficient (Wildman–Crippen LogP) is 4.22. The van der Waals surface area contributed by atoms with Gasteiger partial charge < -0.3 is 15.4 Å². The number of nitrogens with one attached hydrogen (secondary N) is 2. The zero-order chi connectivity index (χ0) is 25.8. The van der Waals surface area contributed by atoms with Crippen molar-refractivity contribution < 1.29 is 22.7 Å². The molecule has 2 N–H and O–H groups in total. The van der Waals surface area contributed by atoms with Crippen LogP contribution in [0.5, 0.6) is 0 Å². The summed E-state index contributed by atoms with van der Waals surface area (Å²) in [4.78, 5) is 19.2. The van der Waals surface area contributed by atoms with Crippen LogP contribution in [0.25, 0.3) is 16.8 Å². The normalized spacial score (nSPS) is 14.6. The van der Waals surface area contributed by atoms with Gasteiger partial charge in [0.05, 0.1) is 18.8 Å². The molecule has 0 radical (unpaired) electrons. The first-order chi connectivity index (χ1) is 17.9. The minimum Gasteiger partial charge on any atom is -0.379 e. The fourth-order valence-corrected chi connectivity index (χ4v) is 4.14. The number of benzene rings is 2. The van der Waals surface area contributed by atoms with E-state index in [1.165, 1.54) is 10.6 Å². The number of amides is 1. The molecule has 2 aromatic carbocycles. The lowest BCUT2D eigenvalue weighted by Crippen LogP contribution is -2.41. The SMILES string of the molecule is O=C(NCCN1CCOCC1)c1ccc(Nc2nc3c(-c4cccc(C(F)(F)F)c4)cccn3n2)cc1. The van der Waals surface area contributed by atoms with Gasteiger partial charge in [0.1, 0.15) is 0 Å². The van der Waals surface area contributed by atoms with Crippen LogP contribution in [0.3, 0.4) is 0 Å². The second kappa shape index (κ2) is 10.6. The van der Waals surface area contributed by atoms with Crippen molar-refractivity contribution in [1.82, 2.24) is 24.8 Å². The zero-order valence-corrected chi connectivity index (χ0v) is 19.8. The molecule has 5 rings (SSSR count). The van der Waals surface area contributed by atoms with Crippen LogP contribution in [0, 0.1) is 0 Å². The van der Waals surface area contributed by atoms with E-state index < -0.39 is 11.7 Å². The molecular weight excluding hydrogens is 485 g/mol. The molecule has 1 saturated heterocycles. The van der Waals surface area contributed by atoms with Crippen LogP contribution in [-0.2, 0) is 10.9 Å². The summed E-state index contributed by atoms with van der Waals surface area (Å²) >= 11 is 0. The van der Waals surface area contributed by atoms with Crippen LogP contribution in [0.15, 0.2) is 66.9 Å². The van der Waals surface area contributed by atoms with Crippen molar-refractivity contribution in [1.29, 1.82) is 0 Å². The van der Waals surface area contributed by atoms with Gasteiger partial charge in [-0.3, -0.25) is 9.69 Å². The van der Waals surface area contributed by atoms with Gasteiger partial charge in [0, 0.05) is 49.2 Å². The Morgan fingerprint density at radius 1 is 1.03 bits per heavy atom. The first kappa shape index (κ1) is 24.7. The van der Waals surface area contributed by atoms with Crippen molar-refractivity contribution in [3.8, 4) is 11.1 Å². The monoisotopic (exact) mass is 510 g/mol. The Bertz CT molecular complexity index is 1380. The molecule has 1 amide bonds. The van der Waals surface area contributed by atoms with E-state index in [9.17, 15) is 18.0 Å². The van der Waals surface area contributed by atoms with E-state index in [0.717, 1.165) is 45.0 Å². The molecule has 1 aliphatic rings. The van der Waals surface area contributed by atoms with Crippen molar-refractivity contribution in [2.24, 2.45) is 0 Å². The summed E-state index contributed by atoms with van der Waals surface area (Å²) < 4.78 is 46.4. The molecule has 37 heavy (non-hydrogen) atoms. The van der Waals surface area contributed by atoms with Gasteiger partial charge in [0.15, 0.2) is 5.65 Å². The molecular formula is C26H25F3N6O2. The van der Waals surface area contributed by atoms with E-state index in [1.807, 2.05) is 0 Å². The van der Waals surface area contributed by atoms with Crippen LogP contribution in [0.4, 0.5) is 24.8 Å². The number of pyridine rings is 1. The zero-order valence-electron chi connectivity index (χ0n) is 19.8. The molecule has 1 aliphatic heterocycles. The molecule has 2 aromatic heterocycles. The van der Waals surface area contributed by atoms with E-state index in [-0.39, 0.29) is 11.9 Å². The molecule has 3 heterocycles. The number of hydrogen-bond acceptors (Lipinski definition) is 6. The standard InChI is InChI=1S/C26H25F3N6O2/c27-26(28,29)20-4-1-3-19(17-20)22-5-2-11-35-23(22)32-25(33-35)31-21-8-6-18(7-9-21)24(36)30-10-12-34-13-15-37-16-14-34/h1-9,11,17H,10,12-16H2,(H,30,36)(H,31,33). The van der Waals surface area contributed by atoms with E-state index in [4.69, 9.17) is 4.74 Å². The summed E-state index contributed by atoms with van der Waals surface area (Å²) in [5.41, 5.74) is 1.81. The van der Waals surface area contributed by atoms with Crippen LogP contribution in [-0.4, -0.2) is 64.8 Å². The summed E-state index contributed by atoms with van der Waals surface area (Å²) in [6, 6.07) is 15.4. The minimum atomic E-state index is -4.44. The number of ether oxygens (including phenoxy) is 1. The number of morpholine rings is 1. The topological polar surface area (TPSA) is 83.8 Å². The maximum absolute atomic E-state index is 13.2. The quantitative estimate of drug-likeness (QED) is 0.388. The van der Waals surface area contributed by atoms with Gasteiger partial charge in [-0.1, -0.05) is 12.1 Å². The Morgan fingerprint density at radius 3 is 2.57 bits per heavy atom. The number of aromatic nitrogens is 3. The lowest BCUT2D eigenvalue weighted by molar-refractivity contribution is -0.137. The number of hydrogen-bond donors (Lipinski definition) is 2. The molecule has 0 atom stereocenters. The summed E-state index contributed by atoms with van der Waals surface area (Å²) in [6.07, 6.45) is -2.76. The Kier molecular flexibility index (Phi) is 7.06. The van der Waals surface area contributed by atoms with Crippen LogP contribution < -0.4 is 10.6 Å². The lowest BCUT2D eigenvalue weighted by atomic mass is 10.0. The highest BCUT2D eigenvalue weighted by molar-refractivity contribution is 5.94. The number of fused-ring (bicyclic) bond motifs is 1. The van der Waals surface area contributed by atoms with Gasteiger partial charge in [-0.25, -0.2) is 4.52 Å². The summed E-state index contributed by atoms with van der Waals surface area (Å²) in [5.74, 6) is 0.124. The van der Waals surface area contributed by atoms with Crippen LogP contribution in [0.1, 0.15) is 15.9 Å². The first-order valence-electron chi connectivity index (χ1n) is 11.9. The molecule has 0 bridgehead atoms. The highest BCUT2D eigenvalue weighted by atomic mass is 19.4. The second-order valence-electron chi connectivity index (χ2n) is 8.62. The Labute approximate surface area is 211 Å². The van der Waals surface area contributed by atoms with Crippen molar-refractivity contribution in [3.05, 3.63) is 78.0 Å². The van der Waals surface area contributed by atoms with Crippen molar-refractivity contribution in [2.75, 3.05) is 44.7 Å². The first-order valence-corrected chi connectivity index (χ1v) is 11.9. The third kappa shape index (κ3) is 5.89. The van der Waals surface area contributed by atoms with Gasteiger partial charge in [-0.15, -0.1) is 5.10 Å². The van der Waals surface area contributed by atoms with E-state index in [1.54, 1.807) is 48.7 Å². The molecule has 1 fully saturated rings. The number of nitrogens with zero attached hydrogens (tertiary/aromatic N) is 4. The molecule has 8 nitrogen and oxygen atoms in total. The summed E-state index contributed by atoms with van der Waals surface area (Å²) in [6.45, 7) is 4.50. The fourth-order valence-electron chi connectivity index (χ4n) is 4.14. The van der Waals surface area contributed by atoms with Crippen LogP contribution >= 0.6 is 0 Å². The smallest absolute Gasteiger partial charge is 0.379 e. The van der Waals surface area contributed by atoms with Crippen molar-refractivity contribution in [3.63, 3.8) is 0 Å². The van der Waals surface area contributed by atoms with E-state index in [0.29, 0.717) is 34.6 Å². The molecule has 0 spiro atoms. The van der Waals surface area contributed by atoms with Gasteiger partial charge in [0.2, 0.25) is 5.95 Å². The summed E-state index contributed by atoms with van der Waals surface area (Å²) in [7, 11) is 0. The summed E-state index contributed by atoms with van der Waals surface area (Å²) in [5, 5.41) is 10.4. The lowest BCUT2D eigenvalue weighted by Gasteiger charge is -2.26. The number of carbonyl (C=O) groups excluding carboxylic acids is 1. The molecule has 0 saturated carbocycles. The number of halogens is 3. The minimum absolute atomic E-state index is 0.156. The molecule has 192 valence electrons. The van der Waals surface area contributed by atoms with Gasteiger partial charge in [0.25, 0.3) is 5.91 Å².